The molecule has 1 aromatic carbocycles. The van der Waals surface area contributed by atoms with Crippen LogP contribution >= 0.6 is 11.6 Å². The van der Waals surface area contributed by atoms with Crippen molar-refractivity contribution in [2.24, 2.45) is 5.84 Å². The third-order valence-corrected chi connectivity index (χ3v) is 2.89. The Morgan fingerprint density at radius 3 is 2.83 bits per heavy atom. The molecule has 0 saturated carbocycles. The first-order valence-electron chi connectivity index (χ1n) is 5.44. The van der Waals surface area contributed by atoms with Crippen molar-refractivity contribution in [1.82, 2.24) is 9.97 Å². The summed E-state index contributed by atoms with van der Waals surface area (Å²) in [4.78, 5) is 10.3. The van der Waals surface area contributed by atoms with Gasteiger partial charge < -0.3 is 10.3 Å². The van der Waals surface area contributed by atoms with Crippen LogP contribution in [0.3, 0.4) is 0 Å². The second-order valence-corrected chi connectivity index (χ2v) is 4.26. The zero-order valence-corrected chi connectivity index (χ0v) is 10.7. The molecule has 0 spiro atoms. The number of halogens is 1. The summed E-state index contributed by atoms with van der Waals surface area (Å²) >= 11 is 6.12. The SMILES string of the molecule is CN(Cc1ccccc1Cl)c1cncc(NN)n1. The van der Waals surface area contributed by atoms with E-state index in [1.54, 1.807) is 12.4 Å². The molecule has 1 heterocycles. The Morgan fingerprint density at radius 2 is 2.11 bits per heavy atom. The van der Waals surface area contributed by atoms with Crippen molar-refractivity contribution >= 4 is 23.2 Å². The van der Waals surface area contributed by atoms with Gasteiger partial charge in [0.05, 0.1) is 12.4 Å². The fourth-order valence-electron chi connectivity index (χ4n) is 1.57. The summed E-state index contributed by atoms with van der Waals surface area (Å²) in [6, 6.07) is 7.72. The van der Waals surface area contributed by atoms with Crippen LogP contribution in [0.5, 0.6) is 0 Å². The van der Waals surface area contributed by atoms with Crippen molar-refractivity contribution in [2.45, 2.75) is 6.54 Å². The van der Waals surface area contributed by atoms with Crippen LogP contribution in [-0.2, 0) is 6.54 Å². The molecule has 94 valence electrons. The van der Waals surface area contributed by atoms with Gasteiger partial charge in [0, 0.05) is 18.6 Å². The highest BCUT2D eigenvalue weighted by atomic mass is 35.5. The maximum atomic E-state index is 6.12. The maximum Gasteiger partial charge on any atom is 0.160 e. The first kappa shape index (κ1) is 12.6. The molecule has 0 fully saturated rings. The molecule has 3 N–H and O–H groups in total. The lowest BCUT2D eigenvalue weighted by molar-refractivity contribution is 0.890. The van der Waals surface area contributed by atoms with Gasteiger partial charge in [0.25, 0.3) is 0 Å². The van der Waals surface area contributed by atoms with Gasteiger partial charge in [-0.2, -0.15) is 0 Å². The van der Waals surface area contributed by atoms with Gasteiger partial charge in [-0.3, -0.25) is 4.98 Å². The van der Waals surface area contributed by atoms with Gasteiger partial charge in [0.15, 0.2) is 5.82 Å². The summed E-state index contributed by atoms with van der Waals surface area (Å²) in [5.74, 6) is 6.56. The molecular formula is C12H14ClN5. The van der Waals surface area contributed by atoms with E-state index >= 15 is 0 Å². The zero-order chi connectivity index (χ0) is 13.0. The van der Waals surface area contributed by atoms with Crippen LogP contribution in [0.25, 0.3) is 0 Å². The quantitative estimate of drug-likeness (QED) is 0.653. The third kappa shape index (κ3) is 2.88. The number of nitrogens with zero attached hydrogens (tertiary/aromatic N) is 3. The van der Waals surface area contributed by atoms with E-state index in [4.69, 9.17) is 17.4 Å². The molecule has 0 aliphatic heterocycles. The van der Waals surface area contributed by atoms with Crippen LogP contribution in [0.4, 0.5) is 11.6 Å². The minimum absolute atomic E-state index is 0.526. The summed E-state index contributed by atoms with van der Waals surface area (Å²) in [7, 11) is 1.92. The second kappa shape index (κ2) is 5.66. The highest BCUT2D eigenvalue weighted by Crippen LogP contribution is 2.19. The molecule has 0 amide bonds. The number of hydrazine groups is 1. The van der Waals surface area contributed by atoms with E-state index < -0.39 is 0 Å². The van der Waals surface area contributed by atoms with Crippen molar-refractivity contribution < 1.29 is 0 Å². The monoisotopic (exact) mass is 263 g/mol. The minimum Gasteiger partial charge on any atom is -0.354 e. The molecule has 0 bridgehead atoms. The number of rotatable bonds is 4. The first-order chi connectivity index (χ1) is 8.70. The van der Waals surface area contributed by atoms with E-state index in [2.05, 4.69) is 15.4 Å². The Morgan fingerprint density at radius 1 is 1.33 bits per heavy atom. The van der Waals surface area contributed by atoms with Gasteiger partial charge >= 0.3 is 0 Å². The largest absolute Gasteiger partial charge is 0.354 e. The van der Waals surface area contributed by atoms with Crippen molar-refractivity contribution in [3.8, 4) is 0 Å². The molecular weight excluding hydrogens is 250 g/mol. The Labute approximate surface area is 111 Å². The Hall–Kier alpha value is -1.85. The minimum atomic E-state index is 0.526. The summed E-state index contributed by atoms with van der Waals surface area (Å²) in [5, 5.41) is 0.741. The Bertz CT molecular complexity index is 531. The van der Waals surface area contributed by atoms with Crippen LogP contribution in [0.2, 0.25) is 5.02 Å². The van der Waals surface area contributed by atoms with Crippen LogP contribution in [0, 0.1) is 0 Å². The standard InChI is InChI=1S/C12H14ClN5/c1-18(8-9-4-2-3-5-10(9)13)12-7-15-6-11(16-12)17-14/h2-7H,8,14H2,1H3,(H,16,17). The molecule has 5 nitrogen and oxygen atoms in total. The Kier molecular flexibility index (Phi) is 3.96. The van der Waals surface area contributed by atoms with Crippen molar-refractivity contribution in [3.63, 3.8) is 0 Å². The predicted molar refractivity (Wildman–Crippen MR) is 73.4 cm³/mol. The van der Waals surface area contributed by atoms with Gasteiger partial charge in [0.2, 0.25) is 0 Å². The number of anilines is 2. The molecule has 2 rings (SSSR count). The van der Waals surface area contributed by atoms with Crippen LogP contribution in [-0.4, -0.2) is 17.0 Å². The second-order valence-electron chi connectivity index (χ2n) is 3.85. The van der Waals surface area contributed by atoms with E-state index in [0.717, 1.165) is 16.4 Å². The number of nitrogen functional groups attached to an aromatic ring is 1. The summed E-state index contributed by atoms with van der Waals surface area (Å²) in [6.07, 6.45) is 3.24. The number of hydrogen-bond acceptors (Lipinski definition) is 5. The van der Waals surface area contributed by atoms with E-state index in [9.17, 15) is 0 Å². The smallest absolute Gasteiger partial charge is 0.160 e. The molecule has 0 aliphatic rings. The maximum absolute atomic E-state index is 6.12. The fourth-order valence-corrected chi connectivity index (χ4v) is 1.77. The molecule has 2 aromatic rings. The first-order valence-corrected chi connectivity index (χ1v) is 5.81. The van der Waals surface area contributed by atoms with Gasteiger partial charge in [-0.1, -0.05) is 29.8 Å². The molecule has 1 aromatic heterocycles. The van der Waals surface area contributed by atoms with Gasteiger partial charge in [-0.15, -0.1) is 0 Å². The number of nitrogens with two attached hydrogens (primary N) is 1. The lowest BCUT2D eigenvalue weighted by Crippen LogP contribution is -2.19. The highest BCUT2D eigenvalue weighted by Gasteiger charge is 2.07. The number of benzene rings is 1. The molecule has 6 heteroatoms. The van der Waals surface area contributed by atoms with Crippen LogP contribution in [0.15, 0.2) is 36.7 Å². The summed E-state index contributed by atoms with van der Waals surface area (Å²) < 4.78 is 0. The number of aromatic nitrogens is 2. The summed E-state index contributed by atoms with van der Waals surface area (Å²) in [6.45, 7) is 0.655. The van der Waals surface area contributed by atoms with Crippen LogP contribution < -0.4 is 16.2 Å². The lowest BCUT2D eigenvalue weighted by Gasteiger charge is -2.18. The molecule has 0 atom stereocenters. The molecule has 18 heavy (non-hydrogen) atoms. The zero-order valence-electron chi connectivity index (χ0n) is 9.97. The molecule has 0 unspecified atom stereocenters. The van der Waals surface area contributed by atoms with E-state index in [-0.39, 0.29) is 0 Å². The predicted octanol–water partition coefficient (Wildman–Crippen LogP) is 2.05. The van der Waals surface area contributed by atoms with Crippen LogP contribution in [0.1, 0.15) is 5.56 Å². The van der Waals surface area contributed by atoms with E-state index in [1.807, 2.05) is 36.2 Å². The normalized spacial score (nSPS) is 10.2. The van der Waals surface area contributed by atoms with Crippen molar-refractivity contribution in [3.05, 3.63) is 47.2 Å². The summed E-state index contributed by atoms with van der Waals surface area (Å²) in [5.41, 5.74) is 3.51. The van der Waals surface area contributed by atoms with Gasteiger partial charge in [-0.25, -0.2) is 10.8 Å². The van der Waals surface area contributed by atoms with E-state index in [1.165, 1.54) is 0 Å². The van der Waals surface area contributed by atoms with Gasteiger partial charge in [-0.05, 0) is 11.6 Å². The van der Waals surface area contributed by atoms with Crippen molar-refractivity contribution in [2.75, 3.05) is 17.4 Å². The average molecular weight is 264 g/mol. The molecule has 0 saturated heterocycles. The Balaban J connectivity index is 2.16. The third-order valence-electron chi connectivity index (χ3n) is 2.53. The number of hydrogen-bond donors (Lipinski definition) is 2. The fraction of sp³-hybridized carbons (Fsp3) is 0.167. The van der Waals surface area contributed by atoms with Crippen molar-refractivity contribution in [1.29, 1.82) is 0 Å². The van der Waals surface area contributed by atoms with E-state index in [0.29, 0.717) is 12.4 Å². The topological polar surface area (TPSA) is 67.1 Å². The number of nitrogens with one attached hydrogen (secondary N) is 1. The lowest BCUT2D eigenvalue weighted by atomic mass is 10.2. The average Bonchev–Trinajstić information content (AvgIpc) is 2.41. The van der Waals surface area contributed by atoms with Gasteiger partial charge in [0.1, 0.15) is 5.82 Å². The molecule has 0 aliphatic carbocycles. The molecule has 0 radical (unpaired) electrons. The highest BCUT2D eigenvalue weighted by molar-refractivity contribution is 6.31.